The molecule has 1 aromatic carbocycles. The quantitative estimate of drug-likeness (QED) is 0.752. The van der Waals surface area contributed by atoms with Crippen LogP contribution in [0.2, 0.25) is 0 Å². The lowest BCUT2D eigenvalue weighted by molar-refractivity contribution is 0.0922. The molecule has 1 aromatic rings. The zero-order chi connectivity index (χ0) is 15.2. The summed E-state index contributed by atoms with van der Waals surface area (Å²) in [5.74, 6) is 1.50. The van der Waals surface area contributed by atoms with E-state index in [1.165, 1.54) is 25.9 Å². The fourth-order valence-electron chi connectivity index (χ4n) is 2.96. The summed E-state index contributed by atoms with van der Waals surface area (Å²) in [6.45, 7) is 3.78. The number of piperidine rings is 1. The number of carbonyl (C=O) groups is 1. The third-order valence-electron chi connectivity index (χ3n) is 4.23. The van der Waals surface area contributed by atoms with Crippen molar-refractivity contribution in [3.05, 3.63) is 29.8 Å². The van der Waals surface area contributed by atoms with E-state index >= 15 is 0 Å². The number of hydrogen-bond donors (Lipinski definition) is 0. The van der Waals surface area contributed by atoms with Gasteiger partial charge in [0.2, 0.25) is 0 Å². The molecule has 2 rings (SSSR count). The maximum Gasteiger partial charge on any atom is 0.180 e. The van der Waals surface area contributed by atoms with Crippen molar-refractivity contribution in [3.8, 4) is 5.75 Å². The smallest absolute Gasteiger partial charge is 0.180 e. The zero-order valence-corrected chi connectivity index (χ0v) is 13.3. The van der Waals surface area contributed by atoms with Gasteiger partial charge in [0.15, 0.2) is 5.78 Å². The maximum absolute atomic E-state index is 12.4. The fourth-order valence-corrected chi connectivity index (χ4v) is 2.96. The first-order chi connectivity index (χ1) is 10.1. The summed E-state index contributed by atoms with van der Waals surface area (Å²) < 4.78 is 5.26. The molecule has 4 heteroatoms. The van der Waals surface area contributed by atoms with Crippen LogP contribution in [-0.2, 0) is 0 Å². The Hall–Kier alpha value is -1.39. The van der Waals surface area contributed by atoms with Gasteiger partial charge in [0, 0.05) is 6.54 Å². The molecule has 0 radical (unpaired) electrons. The number of rotatable bonds is 6. The van der Waals surface area contributed by atoms with E-state index in [4.69, 9.17) is 4.74 Å². The molecule has 0 spiro atoms. The lowest BCUT2D eigenvalue weighted by Gasteiger charge is -2.31. The van der Waals surface area contributed by atoms with Crippen molar-refractivity contribution in [3.63, 3.8) is 0 Å². The van der Waals surface area contributed by atoms with E-state index in [9.17, 15) is 4.79 Å². The third-order valence-corrected chi connectivity index (χ3v) is 4.23. The van der Waals surface area contributed by atoms with Crippen molar-refractivity contribution in [1.29, 1.82) is 0 Å². The van der Waals surface area contributed by atoms with Gasteiger partial charge in [-0.3, -0.25) is 9.69 Å². The Morgan fingerprint density at radius 2 is 2.00 bits per heavy atom. The molecular weight excluding hydrogens is 264 g/mol. The highest BCUT2D eigenvalue weighted by Gasteiger charge is 2.20. The second-order valence-electron chi connectivity index (χ2n) is 6.07. The van der Waals surface area contributed by atoms with Gasteiger partial charge in [-0.1, -0.05) is 12.1 Å². The van der Waals surface area contributed by atoms with Crippen molar-refractivity contribution >= 4 is 5.78 Å². The monoisotopic (exact) mass is 290 g/mol. The van der Waals surface area contributed by atoms with E-state index in [2.05, 4.69) is 16.8 Å². The first-order valence-electron chi connectivity index (χ1n) is 7.63. The number of carbonyl (C=O) groups excluding carboxylic acids is 1. The minimum Gasteiger partial charge on any atom is -0.496 e. The lowest BCUT2D eigenvalue weighted by atomic mass is 9.96. The van der Waals surface area contributed by atoms with Crippen molar-refractivity contribution in [2.75, 3.05) is 47.4 Å². The molecule has 1 saturated heterocycles. The van der Waals surface area contributed by atoms with Crippen molar-refractivity contribution < 1.29 is 9.53 Å². The van der Waals surface area contributed by atoms with Crippen molar-refractivity contribution in [2.24, 2.45) is 5.92 Å². The summed E-state index contributed by atoms with van der Waals surface area (Å²) in [5.41, 5.74) is 0.676. The Morgan fingerprint density at radius 3 is 2.67 bits per heavy atom. The molecule has 0 aliphatic carbocycles. The second-order valence-corrected chi connectivity index (χ2v) is 6.07. The molecule has 21 heavy (non-hydrogen) atoms. The summed E-state index contributed by atoms with van der Waals surface area (Å²) >= 11 is 0. The van der Waals surface area contributed by atoms with Gasteiger partial charge in [0.25, 0.3) is 0 Å². The average molecular weight is 290 g/mol. The number of para-hydroxylation sites is 1. The summed E-state index contributed by atoms with van der Waals surface area (Å²) in [6, 6.07) is 7.44. The van der Waals surface area contributed by atoms with E-state index in [1.54, 1.807) is 7.11 Å². The van der Waals surface area contributed by atoms with Crippen LogP contribution in [0.5, 0.6) is 5.75 Å². The first kappa shape index (κ1) is 16.0. The molecular formula is C17H26N2O2. The molecule has 1 heterocycles. The Labute approximate surface area is 127 Å². The summed E-state index contributed by atoms with van der Waals surface area (Å²) in [4.78, 5) is 16.9. The van der Waals surface area contributed by atoms with Crippen LogP contribution in [0.4, 0.5) is 0 Å². The van der Waals surface area contributed by atoms with Gasteiger partial charge in [-0.2, -0.15) is 0 Å². The predicted molar refractivity (Wildman–Crippen MR) is 85.0 cm³/mol. The van der Waals surface area contributed by atoms with Crippen LogP contribution in [-0.4, -0.2) is 63.0 Å². The summed E-state index contributed by atoms with van der Waals surface area (Å²) in [5, 5.41) is 0. The molecule has 0 atom stereocenters. The van der Waals surface area contributed by atoms with Gasteiger partial charge in [-0.15, -0.1) is 0 Å². The Morgan fingerprint density at radius 1 is 1.33 bits per heavy atom. The van der Waals surface area contributed by atoms with Crippen LogP contribution in [0.1, 0.15) is 23.2 Å². The summed E-state index contributed by atoms with van der Waals surface area (Å²) in [6.07, 6.45) is 2.45. The number of ether oxygens (including phenoxy) is 1. The SMILES string of the molecule is COc1ccccc1C(=O)CN(C)CC1CCN(C)CC1. The molecule has 4 nitrogen and oxygen atoms in total. The number of hydrogen-bond acceptors (Lipinski definition) is 4. The number of ketones is 1. The Bertz CT molecular complexity index is 468. The van der Waals surface area contributed by atoms with Gasteiger partial charge in [0.1, 0.15) is 5.75 Å². The van der Waals surface area contributed by atoms with E-state index < -0.39 is 0 Å². The van der Waals surface area contributed by atoms with Gasteiger partial charge in [-0.25, -0.2) is 0 Å². The van der Waals surface area contributed by atoms with Crippen LogP contribution in [0.25, 0.3) is 0 Å². The minimum absolute atomic E-state index is 0.128. The highest BCUT2D eigenvalue weighted by atomic mass is 16.5. The first-order valence-corrected chi connectivity index (χ1v) is 7.63. The summed E-state index contributed by atoms with van der Waals surface area (Å²) in [7, 11) is 5.81. The van der Waals surface area contributed by atoms with Crippen LogP contribution >= 0.6 is 0 Å². The average Bonchev–Trinajstić information content (AvgIpc) is 2.49. The van der Waals surface area contributed by atoms with Gasteiger partial charge < -0.3 is 9.64 Å². The number of benzene rings is 1. The molecule has 0 amide bonds. The van der Waals surface area contributed by atoms with Crippen molar-refractivity contribution in [2.45, 2.75) is 12.8 Å². The third kappa shape index (κ3) is 4.55. The van der Waals surface area contributed by atoms with E-state index in [0.29, 0.717) is 23.8 Å². The highest BCUT2D eigenvalue weighted by Crippen LogP contribution is 2.19. The number of likely N-dealkylation sites (tertiary alicyclic amines) is 1. The minimum atomic E-state index is 0.128. The van der Waals surface area contributed by atoms with E-state index in [-0.39, 0.29) is 5.78 Å². The van der Waals surface area contributed by atoms with Gasteiger partial charge >= 0.3 is 0 Å². The van der Waals surface area contributed by atoms with E-state index in [0.717, 1.165) is 6.54 Å². The number of Topliss-reactive ketones (excluding diaryl/α,β-unsaturated/α-hetero) is 1. The van der Waals surface area contributed by atoms with Gasteiger partial charge in [-0.05, 0) is 58.1 Å². The number of likely N-dealkylation sites (N-methyl/N-ethyl adjacent to an activating group) is 1. The van der Waals surface area contributed by atoms with E-state index in [1.807, 2.05) is 31.3 Å². The molecule has 1 aliphatic rings. The topological polar surface area (TPSA) is 32.8 Å². The van der Waals surface area contributed by atoms with Crippen LogP contribution in [0.15, 0.2) is 24.3 Å². The molecule has 116 valence electrons. The second kappa shape index (κ2) is 7.57. The molecule has 0 N–H and O–H groups in total. The molecule has 1 aliphatic heterocycles. The molecule has 0 bridgehead atoms. The molecule has 0 unspecified atom stereocenters. The number of nitrogens with zero attached hydrogens (tertiary/aromatic N) is 2. The normalized spacial score (nSPS) is 17.1. The predicted octanol–water partition coefficient (Wildman–Crippen LogP) is 2.15. The largest absolute Gasteiger partial charge is 0.496 e. The zero-order valence-electron chi connectivity index (χ0n) is 13.3. The maximum atomic E-state index is 12.4. The molecule has 0 saturated carbocycles. The molecule has 0 aromatic heterocycles. The molecule has 1 fully saturated rings. The Balaban J connectivity index is 1.87. The van der Waals surface area contributed by atoms with Gasteiger partial charge in [0.05, 0.1) is 19.2 Å². The number of methoxy groups -OCH3 is 1. The Kier molecular flexibility index (Phi) is 5.76. The highest BCUT2D eigenvalue weighted by molar-refractivity contribution is 6.00. The van der Waals surface area contributed by atoms with Crippen LogP contribution in [0.3, 0.4) is 0 Å². The van der Waals surface area contributed by atoms with Crippen LogP contribution in [0, 0.1) is 5.92 Å². The van der Waals surface area contributed by atoms with Crippen molar-refractivity contribution in [1.82, 2.24) is 9.80 Å². The van der Waals surface area contributed by atoms with Crippen LogP contribution < -0.4 is 4.74 Å². The fraction of sp³-hybridized carbons (Fsp3) is 0.588. The lowest BCUT2D eigenvalue weighted by Crippen LogP contribution is -2.37. The standard InChI is InChI=1S/C17H26N2O2/c1-18-10-8-14(9-11-18)12-19(2)13-16(20)15-6-4-5-7-17(15)21-3/h4-7,14H,8-13H2,1-3H3.